The number of hydrogen-bond donors (Lipinski definition) is 0. The van der Waals surface area contributed by atoms with E-state index in [-0.39, 0.29) is 5.78 Å². The summed E-state index contributed by atoms with van der Waals surface area (Å²) < 4.78 is 13.2. The lowest BCUT2D eigenvalue weighted by Crippen LogP contribution is -2.03. The van der Waals surface area contributed by atoms with Crippen molar-refractivity contribution in [1.82, 2.24) is 9.78 Å². The minimum Gasteiger partial charge on any atom is -0.486 e. The van der Waals surface area contributed by atoms with Crippen molar-refractivity contribution in [3.05, 3.63) is 76.5 Å². The van der Waals surface area contributed by atoms with Crippen molar-refractivity contribution in [1.29, 1.82) is 0 Å². The van der Waals surface area contributed by atoms with Crippen molar-refractivity contribution in [2.75, 3.05) is 0 Å². The fraction of sp³-hybridized carbons (Fsp3) is 0.273. The first-order valence-corrected chi connectivity index (χ1v) is 9.15. The number of benzene rings is 1. The number of allylic oxidation sites excluding steroid dienone is 1. The highest BCUT2D eigenvalue weighted by Crippen LogP contribution is 2.26. The maximum atomic E-state index is 12.2. The third-order valence-corrected chi connectivity index (χ3v) is 4.79. The number of furan rings is 1. The van der Waals surface area contributed by atoms with Gasteiger partial charge in [0, 0.05) is 7.05 Å². The lowest BCUT2D eigenvalue weighted by Gasteiger charge is -2.06. The molecular weight excluding hydrogens is 340 g/mol. The van der Waals surface area contributed by atoms with E-state index >= 15 is 0 Å². The lowest BCUT2D eigenvalue weighted by molar-refractivity contribution is 0.103. The predicted molar refractivity (Wildman–Crippen MR) is 103 cm³/mol. The number of nitrogens with zero attached hydrogens (tertiary/aromatic N) is 2. The van der Waals surface area contributed by atoms with E-state index in [2.05, 4.69) is 17.2 Å². The Balaban J connectivity index is 1.37. The highest BCUT2D eigenvalue weighted by Gasteiger charge is 2.12. The van der Waals surface area contributed by atoms with E-state index in [1.54, 1.807) is 23.9 Å². The monoisotopic (exact) mass is 362 g/mol. The van der Waals surface area contributed by atoms with Crippen LogP contribution in [0.4, 0.5) is 0 Å². The molecule has 5 heteroatoms. The predicted octanol–water partition coefficient (Wildman–Crippen LogP) is 4.29. The van der Waals surface area contributed by atoms with E-state index < -0.39 is 0 Å². The molecule has 0 atom stereocenters. The zero-order valence-corrected chi connectivity index (χ0v) is 15.6. The Hall–Kier alpha value is -3.08. The van der Waals surface area contributed by atoms with Crippen LogP contribution in [0, 0.1) is 6.92 Å². The fourth-order valence-corrected chi connectivity index (χ4v) is 3.44. The van der Waals surface area contributed by atoms with Crippen molar-refractivity contribution in [3.8, 4) is 5.75 Å². The summed E-state index contributed by atoms with van der Waals surface area (Å²) in [5, 5.41) is 4.19. The molecule has 4 rings (SSSR count). The lowest BCUT2D eigenvalue weighted by atomic mass is 10.1. The van der Waals surface area contributed by atoms with Gasteiger partial charge in [-0.25, -0.2) is 0 Å². The van der Waals surface area contributed by atoms with Crippen molar-refractivity contribution in [2.45, 2.75) is 32.8 Å². The summed E-state index contributed by atoms with van der Waals surface area (Å²) in [5.41, 5.74) is 4.19. The molecule has 27 heavy (non-hydrogen) atoms. The molecular formula is C22H22N2O3. The highest BCUT2D eigenvalue weighted by atomic mass is 16.5. The number of carbonyl (C=O) groups is 1. The van der Waals surface area contributed by atoms with Crippen molar-refractivity contribution in [2.24, 2.45) is 7.05 Å². The van der Waals surface area contributed by atoms with E-state index in [0.29, 0.717) is 18.1 Å². The Bertz CT molecular complexity index is 1010. The molecule has 2 heterocycles. The summed E-state index contributed by atoms with van der Waals surface area (Å²) in [7, 11) is 1.76. The van der Waals surface area contributed by atoms with Gasteiger partial charge in [-0.15, -0.1) is 0 Å². The number of aromatic nitrogens is 2. The van der Waals surface area contributed by atoms with Gasteiger partial charge in [0.25, 0.3) is 0 Å². The fourth-order valence-electron chi connectivity index (χ4n) is 3.44. The SMILES string of the molecule is Cc1cc(C(=O)C=Cc2ccc(COc3ccc4c(c3)CCC4)o2)n(C)n1. The van der Waals surface area contributed by atoms with E-state index in [9.17, 15) is 4.79 Å². The third-order valence-electron chi connectivity index (χ3n) is 4.79. The van der Waals surface area contributed by atoms with Crippen molar-refractivity contribution < 1.29 is 13.9 Å². The molecule has 5 nitrogen and oxygen atoms in total. The second kappa shape index (κ2) is 7.27. The number of ether oxygens (including phenoxy) is 1. The van der Waals surface area contributed by atoms with Crippen LogP contribution in [0.1, 0.15) is 45.3 Å². The van der Waals surface area contributed by atoms with Crippen LogP contribution in [0.3, 0.4) is 0 Å². The van der Waals surface area contributed by atoms with Gasteiger partial charge in [-0.2, -0.15) is 5.10 Å². The Morgan fingerprint density at radius 1 is 1.22 bits per heavy atom. The molecule has 0 spiro atoms. The number of aryl methyl sites for hydroxylation is 4. The average molecular weight is 362 g/mol. The molecule has 0 bridgehead atoms. The molecule has 0 N–H and O–H groups in total. The van der Waals surface area contributed by atoms with Crippen LogP contribution >= 0.6 is 0 Å². The Labute approximate surface area is 158 Å². The zero-order valence-electron chi connectivity index (χ0n) is 15.6. The molecule has 1 aliphatic rings. The largest absolute Gasteiger partial charge is 0.486 e. The van der Waals surface area contributed by atoms with Crippen LogP contribution in [0.5, 0.6) is 5.75 Å². The van der Waals surface area contributed by atoms with Gasteiger partial charge in [0.15, 0.2) is 0 Å². The second-order valence-corrected chi connectivity index (χ2v) is 6.87. The average Bonchev–Trinajstić information content (AvgIpc) is 3.37. The number of ketones is 1. The van der Waals surface area contributed by atoms with E-state index in [1.807, 2.05) is 25.1 Å². The number of fused-ring (bicyclic) bond motifs is 1. The maximum absolute atomic E-state index is 12.2. The quantitative estimate of drug-likeness (QED) is 0.485. The smallest absolute Gasteiger partial charge is 0.203 e. The van der Waals surface area contributed by atoms with E-state index in [1.165, 1.54) is 30.0 Å². The minimum atomic E-state index is -0.106. The van der Waals surface area contributed by atoms with Crippen molar-refractivity contribution in [3.63, 3.8) is 0 Å². The van der Waals surface area contributed by atoms with Gasteiger partial charge < -0.3 is 9.15 Å². The molecule has 3 aromatic rings. The molecule has 0 fully saturated rings. The Morgan fingerprint density at radius 3 is 2.89 bits per heavy atom. The Morgan fingerprint density at radius 2 is 2.07 bits per heavy atom. The first kappa shape index (κ1) is 17.3. The summed E-state index contributed by atoms with van der Waals surface area (Å²) in [6, 6.07) is 11.8. The van der Waals surface area contributed by atoms with Crippen LogP contribution in [0.2, 0.25) is 0 Å². The molecule has 2 aromatic heterocycles. The van der Waals surface area contributed by atoms with Crippen LogP contribution in [-0.2, 0) is 26.5 Å². The number of carbonyl (C=O) groups excluding carboxylic acids is 1. The van der Waals surface area contributed by atoms with Crippen LogP contribution in [0.15, 0.2) is 46.9 Å². The van der Waals surface area contributed by atoms with Gasteiger partial charge in [-0.05, 0) is 79.8 Å². The van der Waals surface area contributed by atoms with Gasteiger partial charge in [-0.1, -0.05) is 6.07 Å². The first-order chi connectivity index (χ1) is 13.1. The summed E-state index contributed by atoms with van der Waals surface area (Å²) in [6.45, 7) is 2.22. The molecule has 138 valence electrons. The second-order valence-electron chi connectivity index (χ2n) is 6.87. The van der Waals surface area contributed by atoms with Gasteiger partial charge >= 0.3 is 0 Å². The summed E-state index contributed by atoms with van der Waals surface area (Å²) in [6.07, 6.45) is 6.70. The van der Waals surface area contributed by atoms with E-state index in [0.717, 1.165) is 23.6 Å². The summed E-state index contributed by atoms with van der Waals surface area (Å²) in [4.78, 5) is 12.2. The zero-order chi connectivity index (χ0) is 18.8. The van der Waals surface area contributed by atoms with Gasteiger partial charge in [-0.3, -0.25) is 9.48 Å². The maximum Gasteiger partial charge on any atom is 0.203 e. The molecule has 0 aliphatic heterocycles. The standard InChI is InChI=1S/C22H22N2O3/c1-15-12-21(24(2)23-15)22(25)11-10-18-8-9-20(27-18)14-26-19-7-6-16-4-3-5-17(16)13-19/h6-13H,3-5,14H2,1-2H3. The molecule has 0 unspecified atom stereocenters. The molecule has 1 aromatic carbocycles. The molecule has 0 amide bonds. The minimum absolute atomic E-state index is 0.106. The van der Waals surface area contributed by atoms with Gasteiger partial charge in [0.2, 0.25) is 5.78 Å². The molecule has 0 saturated carbocycles. The molecule has 1 aliphatic carbocycles. The number of rotatable bonds is 6. The first-order valence-electron chi connectivity index (χ1n) is 9.15. The van der Waals surface area contributed by atoms with Crippen LogP contribution in [0.25, 0.3) is 6.08 Å². The summed E-state index contributed by atoms with van der Waals surface area (Å²) >= 11 is 0. The van der Waals surface area contributed by atoms with Crippen molar-refractivity contribution >= 4 is 11.9 Å². The van der Waals surface area contributed by atoms with E-state index in [4.69, 9.17) is 9.15 Å². The summed E-state index contributed by atoms with van der Waals surface area (Å²) in [5.74, 6) is 2.10. The Kier molecular flexibility index (Phi) is 4.67. The molecule has 0 saturated heterocycles. The van der Waals surface area contributed by atoms with Gasteiger partial charge in [0.1, 0.15) is 29.6 Å². The molecule has 0 radical (unpaired) electrons. The van der Waals surface area contributed by atoms with Crippen LogP contribution in [-0.4, -0.2) is 15.6 Å². The normalized spacial score (nSPS) is 13.3. The third kappa shape index (κ3) is 3.87. The number of hydrogen-bond acceptors (Lipinski definition) is 4. The van der Waals surface area contributed by atoms with Crippen LogP contribution < -0.4 is 4.74 Å². The highest BCUT2D eigenvalue weighted by molar-refractivity contribution is 6.05. The van der Waals surface area contributed by atoms with Gasteiger partial charge in [0.05, 0.1) is 5.69 Å². The topological polar surface area (TPSA) is 57.3 Å².